The number of aliphatic hydroxyl groups is 1. The number of nitrogens with one attached hydrogen (secondary N) is 1. The van der Waals surface area contributed by atoms with Crippen molar-refractivity contribution in [1.29, 1.82) is 0 Å². The summed E-state index contributed by atoms with van der Waals surface area (Å²) in [5, 5.41) is 12.6. The molecule has 2 fully saturated rings. The number of hydrogen-bond donors (Lipinski definition) is 3. The molecule has 0 aromatic carbocycles. The first-order valence-electron chi connectivity index (χ1n) is 7.08. The summed E-state index contributed by atoms with van der Waals surface area (Å²) >= 11 is 0. The number of nitrogens with two attached hydrogens (primary N) is 1. The van der Waals surface area contributed by atoms with Crippen LogP contribution < -0.4 is 11.1 Å². The van der Waals surface area contributed by atoms with Crippen molar-refractivity contribution in [2.45, 2.75) is 44.2 Å². The first-order valence-corrected chi connectivity index (χ1v) is 7.08. The topological polar surface area (TPSA) is 78.6 Å². The van der Waals surface area contributed by atoms with Crippen molar-refractivity contribution in [3.05, 3.63) is 0 Å². The van der Waals surface area contributed by atoms with Crippen LogP contribution in [0.3, 0.4) is 0 Å². The van der Waals surface area contributed by atoms with Crippen molar-refractivity contribution in [3.63, 3.8) is 0 Å². The molecule has 1 saturated heterocycles. The molecule has 0 aromatic heterocycles. The number of carbonyl (C=O) groups excluding carboxylic acids is 1. The fourth-order valence-electron chi connectivity index (χ4n) is 2.87. The molecule has 1 amide bonds. The summed E-state index contributed by atoms with van der Waals surface area (Å²) in [4.78, 5) is 13.9. The van der Waals surface area contributed by atoms with Gasteiger partial charge in [0.25, 0.3) is 0 Å². The molecule has 2 unspecified atom stereocenters. The van der Waals surface area contributed by atoms with Gasteiger partial charge in [-0.1, -0.05) is 6.42 Å². The average Bonchev–Trinajstić information content (AvgIpc) is 2.75. The van der Waals surface area contributed by atoms with Crippen molar-refractivity contribution in [3.8, 4) is 0 Å². The lowest BCUT2D eigenvalue weighted by Crippen LogP contribution is -2.45. The molecule has 1 aliphatic heterocycles. The van der Waals surface area contributed by atoms with Crippen LogP contribution in [-0.2, 0) is 4.79 Å². The first kappa shape index (κ1) is 13.8. The van der Waals surface area contributed by atoms with Gasteiger partial charge in [-0.3, -0.25) is 9.69 Å². The summed E-state index contributed by atoms with van der Waals surface area (Å²) in [6.07, 6.45) is 4.72. The average molecular weight is 255 g/mol. The highest BCUT2D eigenvalue weighted by molar-refractivity contribution is 5.78. The van der Waals surface area contributed by atoms with E-state index >= 15 is 0 Å². The Labute approximate surface area is 109 Å². The highest BCUT2D eigenvalue weighted by atomic mass is 16.3. The molecule has 0 bridgehead atoms. The van der Waals surface area contributed by atoms with Gasteiger partial charge in [0, 0.05) is 31.6 Å². The van der Waals surface area contributed by atoms with E-state index in [-0.39, 0.29) is 17.9 Å². The van der Waals surface area contributed by atoms with Crippen LogP contribution in [0.5, 0.6) is 0 Å². The molecule has 1 saturated carbocycles. The Hall–Kier alpha value is -0.650. The van der Waals surface area contributed by atoms with Crippen LogP contribution in [0.4, 0.5) is 0 Å². The molecule has 104 valence electrons. The minimum absolute atomic E-state index is 0.0737. The van der Waals surface area contributed by atoms with Crippen LogP contribution in [0.25, 0.3) is 0 Å². The Bertz CT molecular complexity index is 277. The molecular formula is C13H25N3O2. The zero-order chi connectivity index (χ0) is 13.0. The molecule has 0 radical (unpaired) electrons. The van der Waals surface area contributed by atoms with Gasteiger partial charge in [0.15, 0.2) is 0 Å². The molecule has 1 aliphatic carbocycles. The maximum absolute atomic E-state index is 11.8. The van der Waals surface area contributed by atoms with Gasteiger partial charge in [0.2, 0.25) is 5.91 Å². The Morgan fingerprint density at radius 2 is 2.00 bits per heavy atom. The lowest BCUT2D eigenvalue weighted by Gasteiger charge is -2.29. The number of hydrogen-bond acceptors (Lipinski definition) is 4. The summed E-state index contributed by atoms with van der Waals surface area (Å²) in [6, 6.07) is 0.304. The Kier molecular flexibility index (Phi) is 4.97. The smallest absolute Gasteiger partial charge is 0.234 e. The molecule has 1 heterocycles. The Balaban J connectivity index is 1.63. The van der Waals surface area contributed by atoms with Crippen molar-refractivity contribution in [2.24, 2.45) is 11.7 Å². The SMILES string of the molecule is NC1CCN(CC(=O)NCC2CCCC2O)CC1. The maximum atomic E-state index is 11.8. The van der Waals surface area contributed by atoms with Crippen molar-refractivity contribution >= 4 is 5.91 Å². The molecule has 0 aromatic rings. The van der Waals surface area contributed by atoms with Crippen LogP contribution >= 0.6 is 0 Å². The van der Waals surface area contributed by atoms with Gasteiger partial charge in [-0.25, -0.2) is 0 Å². The number of piperidine rings is 1. The van der Waals surface area contributed by atoms with Gasteiger partial charge >= 0.3 is 0 Å². The van der Waals surface area contributed by atoms with E-state index in [2.05, 4.69) is 10.2 Å². The lowest BCUT2D eigenvalue weighted by atomic mass is 10.1. The van der Waals surface area contributed by atoms with Crippen LogP contribution in [-0.4, -0.2) is 54.2 Å². The normalized spacial score (nSPS) is 30.6. The van der Waals surface area contributed by atoms with Gasteiger partial charge < -0.3 is 16.2 Å². The standard InChI is InChI=1S/C13H25N3O2/c14-11-4-6-16(7-5-11)9-13(18)15-8-10-2-1-3-12(10)17/h10-12,17H,1-9,14H2,(H,15,18). The van der Waals surface area contributed by atoms with Gasteiger partial charge in [-0.05, 0) is 25.7 Å². The van der Waals surface area contributed by atoms with Gasteiger partial charge in [0.1, 0.15) is 0 Å². The lowest BCUT2D eigenvalue weighted by molar-refractivity contribution is -0.122. The molecule has 18 heavy (non-hydrogen) atoms. The van der Waals surface area contributed by atoms with Crippen LogP contribution in [0.15, 0.2) is 0 Å². The van der Waals surface area contributed by atoms with Crippen LogP contribution in [0.1, 0.15) is 32.1 Å². The van der Waals surface area contributed by atoms with Gasteiger partial charge in [-0.15, -0.1) is 0 Å². The van der Waals surface area contributed by atoms with E-state index < -0.39 is 0 Å². The minimum atomic E-state index is -0.224. The van der Waals surface area contributed by atoms with Crippen LogP contribution in [0.2, 0.25) is 0 Å². The summed E-state index contributed by atoms with van der Waals surface area (Å²) in [5.41, 5.74) is 5.83. The number of nitrogens with zero attached hydrogens (tertiary/aromatic N) is 1. The second-order valence-electron chi connectivity index (χ2n) is 5.68. The van der Waals surface area contributed by atoms with Gasteiger partial charge in [0.05, 0.1) is 12.6 Å². The first-order chi connectivity index (χ1) is 8.65. The number of carbonyl (C=O) groups is 1. The fraction of sp³-hybridized carbons (Fsp3) is 0.923. The maximum Gasteiger partial charge on any atom is 0.234 e. The van der Waals surface area contributed by atoms with E-state index in [4.69, 9.17) is 5.73 Å². The number of likely N-dealkylation sites (tertiary alicyclic amines) is 1. The zero-order valence-corrected chi connectivity index (χ0v) is 11.0. The molecule has 5 nitrogen and oxygen atoms in total. The summed E-state index contributed by atoms with van der Waals surface area (Å²) in [5.74, 6) is 0.327. The molecule has 5 heteroatoms. The summed E-state index contributed by atoms with van der Waals surface area (Å²) in [6.45, 7) is 2.92. The molecule has 4 N–H and O–H groups in total. The number of rotatable bonds is 4. The Morgan fingerprint density at radius 3 is 2.61 bits per heavy atom. The number of amides is 1. The van der Waals surface area contributed by atoms with E-state index in [0.29, 0.717) is 19.1 Å². The quantitative estimate of drug-likeness (QED) is 0.644. The molecule has 2 aliphatic rings. The second kappa shape index (κ2) is 6.50. The number of aliphatic hydroxyl groups excluding tert-OH is 1. The largest absolute Gasteiger partial charge is 0.393 e. The van der Waals surface area contributed by atoms with Crippen molar-refractivity contribution < 1.29 is 9.90 Å². The second-order valence-corrected chi connectivity index (χ2v) is 5.68. The van der Waals surface area contributed by atoms with E-state index in [1.54, 1.807) is 0 Å². The van der Waals surface area contributed by atoms with E-state index in [1.807, 2.05) is 0 Å². The van der Waals surface area contributed by atoms with E-state index in [1.165, 1.54) is 0 Å². The van der Waals surface area contributed by atoms with Crippen LogP contribution in [0, 0.1) is 5.92 Å². The summed E-state index contributed by atoms with van der Waals surface area (Å²) in [7, 11) is 0. The summed E-state index contributed by atoms with van der Waals surface area (Å²) < 4.78 is 0. The predicted octanol–water partition coefficient (Wildman–Crippen LogP) is -0.313. The third-order valence-corrected chi connectivity index (χ3v) is 4.18. The zero-order valence-electron chi connectivity index (χ0n) is 11.0. The van der Waals surface area contributed by atoms with E-state index in [0.717, 1.165) is 45.2 Å². The molecule has 2 rings (SSSR count). The predicted molar refractivity (Wildman–Crippen MR) is 70.0 cm³/mol. The minimum Gasteiger partial charge on any atom is -0.393 e. The fourth-order valence-corrected chi connectivity index (χ4v) is 2.87. The third-order valence-electron chi connectivity index (χ3n) is 4.18. The van der Waals surface area contributed by atoms with Crippen molar-refractivity contribution in [1.82, 2.24) is 10.2 Å². The highest BCUT2D eigenvalue weighted by Gasteiger charge is 2.25. The van der Waals surface area contributed by atoms with E-state index in [9.17, 15) is 9.90 Å². The molecular weight excluding hydrogens is 230 g/mol. The van der Waals surface area contributed by atoms with Gasteiger partial charge in [-0.2, -0.15) is 0 Å². The van der Waals surface area contributed by atoms with Crippen molar-refractivity contribution in [2.75, 3.05) is 26.2 Å². The Morgan fingerprint density at radius 1 is 1.28 bits per heavy atom. The monoisotopic (exact) mass is 255 g/mol. The third kappa shape index (κ3) is 3.93. The highest BCUT2D eigenvalue weighted by Crippen LogP contribution is 2.24. The molecule has 0 spiro atoms. The molecule has 2 atom stereocenters.